The van der Waals surface area contributed by atoms with Gasteiger partial charge >= 0.3 is 0 Å². The van der Waals surface area contributed by atoms with Crippen LogP contribution in [-0.4, -0.2) is 51.0 Å². The lowest BCUT2D eigenvalue weighted by molar-refractivity contribution is -0.139. The molecule has 3 rings (SSSR count). The third-order valence-electron chi connectivity index (χ3n) is 5.82. The van der Waals surface area contributed by atoms with Gasteiger partial charge in [0.1, 0.15) is 24.9 Å². The fourth-order valence-corrected chi connectivity index (χ4v) is 5.01. The van der Waals surface area contributed by atoms with E-state index in [-0.39, 0.29) is 12.2 Å². The second-order valence-corrected chi connectivity index (χ2v) is 11.3. The summed E-state index contributed by atoms with van der Waals surface area (Å²) in [5.74, 6) is -0.444. The van der Waals surface area contributed by atoms with Gasteiger partial charge in [-0.25, -0.2) is 8.42 Å². The molecule has 0 bridgehead atoms. The maximum Gasteiger partial charge on any atom is 0.244 e. The van der Waals surface area contributed by atoms with Gasteiger partial charge < -0.3 is 15.0 Å². The maximum atomic E-state index is 13.5. The van der Waals surface area contributed by atoms with Crippen LogP contribution in [0.15, 0.2) is 72.8 Å². The van der Waals surface area contributed by atoms with Crippen LogP contribution < -0.4 is 14.4 Å². The molecule has 0 aliphatic heterocycles. The summed E-state index contributed by atoms with van der Waals surface area (Å²) in [4.78, 5) is 27.2. The quantitative estimate of drug-likeness (QED) is 0.362. The lowest BCUT2D eigenvalue weighted by Gasteiger charge is -2.31. The summed E-state index contributed by atoms with van der Waals surface area (Å²) >= 11 is 12.3. The number of amides is 2. The zero-order chi connectivity index (χ0) is 27.9. The van der Waals surface area contributed by atoms with Gasteiger partial charge in [-0.05, 0) is 54.4 Å². The second kappa shape index (κ2) is 13.0. The SMILES string of the molecule is CNC(=O)[C@@H](C)N(Cc1ccc(Cl)cc1Cl)C(=O)CN(c1ccc(OCc2ccccc2)cc1)S(C)(=O)=O. The van der Waals surface area contributed by atoms with Gasteiger partial charge in [0, 0.05) is 23.6 Å². The normalized spacial score (nSPS) is 11.9. The number of anilines is 1. The first-order chi connectivity index (χ1) is 18.0. The van der Waals surface area contributed by atoms with E-state index in [1.807, 2.05) is 30.3 Å². The fraction of sp³-hybridized carbons (Fsp3) is 0.259. The largest absolute Gasteiger partial charge is 0.489 e. The van der Waals surface area contributed by atoms with Gasteiger partial charge in [0.25, 0.3) is 0 Å². The number of ether oxygens (including phenoxy) is 1. The number of carbonyl (C=O) groups excluding carboxylic acids is 2. The highest BCUT2D eigenvalue weighted by Crippen LogP contribution is 2.25. The van der Waals surface area contributed by atoms with Crippen LogP contribution in [0.4, 0.5) is 5.69 Å². The van der Waals surface area contributed by atoms with Gasteiger partial charge in [0.05, 0.1) is 11.9 Å². The van der Waals surface area contributed by atoms with Crippen LogP contribution in [0.5, 0.6) is 5.75 Å². The molecule has 3 aromatic rings. The number of nitrogens with zero attached hydrogens (tertiary/aromatic N) is 2. The minimum Gasteiger partial charge on any atom is -0.489 e. The molecule has 0 fully saturated rings. The molecule has 0 saturated heterocycles. The summed E-state index contributed by atoms with van der Waals surface area (Å²) in [5.41, 5.74) is 1.84. The summed E-state index contributed by atoms with van der Waals surface area (Å²) < 4.78 is 32.2. The summed E-state index contributed by atoms with van der Waals surface area (Å²) in [6.07, 6.45) is 1.02. The van der Waals surface area contributed by atoms with Crippen molar-refractivity contribution >= 4 is 50.7 Å². The van der Waals surface area contributed by atoms with Crippen molar-refractivity contribution in [3.05, 3.63) is 94.0 Å². The van der Waals surface area contributed by atoms with Gasteiger partial charge in [-0.2, -0.15) is 0 Å². The molecule has 38 heavy (non-hydrogen) atoms. The Morgan fingerprint density at radius 1 is 1.00 bits per heavy atom. The fourth-order valence-electron chi connectivity index (χ4n) is 3.69. The van der Waals surface area contributed by atoms with Crippen molar-refractivity contribution in [2.45, 2.75) is 26.1 Å². The van der Waals surface area contributed by atoms with E-state index in [1.165, 1.54) is 18.0 Å². The third-order valence-corrected chi connectivity index (χ3v) is 7.55. The first kappa shape index (κ1) is 29.3. The Hall–Kier alpha value is -3.27. The molecule has 0 spiro atoms. The Bertz CT molecular complexity index is 1370. The molecule has 0 unspecified atom stereocenters. The molecule has 0 heterocycles. The number of rotatable bonds is 11. The van der Waals surface area contributed by atoms with Gasteiger partial charge in [0.2, 0.25) is 21.8 Å². The predicted molar refractivity (Wildman–Crippen MR) is 150 cm³/mol. The minimum absolute atomic E-state index is 0.0205. The number of hydrogen-bond donors (Lipinski definition) is 1. The lowest BCUT2D eigenvalue weighted by Crippen LogP contribution is -2.50. The van der Waals surface area contributed by atoms with E-state index in [4.69, 9.17) is 27.9 Å². The molecular formula is C27H29Cl2N3O5S. The number of hydrogen-bond acceptors (Lipinski definition) is 5. The van der Waals surface area contributed by atoms with E-state index < -0.39 is 34.4 Å². The first-order valence-corrected chi connectivity index (χ1v) is 14.3. The van der Waals surface area contributed by atoms with Crippen molar-refractivity contribution in [3.8, 4) is 5.75 Å². The van der Waals surface area contributed by atoms with Crippen LogP contribution in [0, 0.1) is 0 Å². The molecule has 0 saturated carbocycles. The number of sulfonamides is 1. The van der Waals surface area contributed by atoms with Crippen LogP contribution >= 0.6 is 23.2 Å². The van der Waals surface area contributed by atoms with Crippen molar-refractivity contribution < 1.29 is 22.7 Å². The van der Waals surface area contributed by atoms with Crippen molar-refractivity contribution in [2.24, 2.45) is 0 Å². The van der Waals surface area contributed by atoms with Gasteiger partial charge in [0.15, 0.2) is 0 Å². The highest BCUT2D eigenvalue weighted by atomic mass is 35.5. The van der Waals surface area contributed by atoms with E-state index in [2.05, 4.69) is 5.32 Å². The van der Waals surface area contributed by atoms with E-state index in [1.54, 1.807) is 43.3 Å². The molecule has 8 nitrogen and oxygen atoms in total. The maximum absolute atomic E-state index is 13.5. The summed E-state index contributed by atoms with van der Waals surface area (Å²) in [6, 6.07) is 20.0. The number of halogens is 2. The molecule has 0 aliphatic carbocycles. The Labute approximate surface area is 233 Å². The van der Waals surface area contributed by atoms with E-state index in [0.29, 0.717) is 28.0 Å². The van der Waals surface area contributed by atoms with Crippen molar-refractivity contribution in [1.29, 1.82) is 0 Å². The zero-order valence-electron chi connectivity index (χ0n) is 21.2. The van der Waals surface area contributed by atoms with Crippen LogP contribution in [0.2, 0.25) is 10.0 Å². The van der Waals surface area contributed by atoms with Gasteiger partial charge in [-0.1, -0.05) is 59.6 Å². The topological polar surface area (TPSA) is 96.0 Å². The van der Waals surface area contributed by atoms with Crippen LogP contribution in [0.25, 0.3) is 0 Å². The predicted octanol–water partition coefficient (Wildman–Crippen LogP) is 4.50. The molecule has 202 valence electrons. The molecule has 11 heteroatoms. The average molecular weight is 579 g/mol. The Morgan fingerprint density at radius 3 is 2.24 bits per heavy atom. The van der Waals surface area contributed by atoms with Crippen LogP contribution in [-0.2, 0) is 32.8 Å². The Morgan fingerprint density at radius 2 is 1.66 bits per heavy atom. The van der Waals surface area contributed by atoms with E-state index in [9.17, 15) is 18.0 Å². The van der Waals surface area contributed by atoms with Crippen molar-refractivity contribution in [1.82, 2.24) is 10.2 Å². The van der Waals surface area contributed by atoms with Crippen molar-refractivity contribution in [2.75, 3.05) is 24.2 Å². The summed E-state index contributed by atoms with van der Waals surface area (Å²) in [5, 5.41) is 3.27. The molecular weight excluding hydrogens is 549 g/mol. The highest BCUT2D eigenvalue weighted by molar-refractivity contribution is 7.92. The molecule has 1 atom stereocenters. The monoisotopic (exact) mass is 577 g/mol. The summed E-state index contributed by atoms with van der Waals surface area (Å²) in [6.45, 7) is 1.38. The number of nitrogens with one attached hydrogen (secondary N) is 1. The van der Waals surface area contributed by atoms with Gasteiger partial charge in [-0.15, -0.1) is 0 Å². The first-order valence-electron chi connectivity index (χ1n) is 11.7. The minimum atomic E-state index is -3.85. The molecule has 1 N–H and O–H groups in total. The summed E-state index contributed by atoms with van der Waals surface area (Å²) in [7, 11) is -2.39. The standard InChI is InChI=1S/C27H29Cl2N3O5S/c1-19(27(34)30-2)31(16-21-9-10-22(28)15-25(21)29)26(33)17-32(38(3,35)36)23-11-13-24(14-12-23)37-18-20-7-5-4-6-8-20/h4-15,19H,16-18H2,1-3H3,(H,30,34)/t19-/m1/s1. The van der Waals surface area contributed by atoms with Gasteiger partial charge in [-0.3, -0.25) is 13.9 Å². The zero-order valence-corrected chi connectivity index (χ0v) is 23.6. The number of likely N-dealkylation sites (N-methyl/N-ethyl adjacent to an activating group) is 1. The molecule has 3 aromatic carbocycles. The second-order valence-electron chi connectivity index (χ2n) is 8.59. The average Bonchev–Trinajstić information content (AvgIpc) is 2.89. The Balaban J connectivity index is 1.82. The molecule has 0 aromatic heterocycles. The molecule has 2 amide bonds. The lowest BCUT2D eigenvalue weighted by atomic mass is 10.1. The van der Waals surface area contributed by atoms with E-state index in [0.717, 1.165) is 16.1 Å². The number of benzene rings is 3. The smallest absolute Gasteiger partial charge is 0.244 e. The molecule has 0 radical (unpaired) electrons. The van der Waals surface area contributed by atoms with Crippen LogP contribution in [0.3, 0.4) is 0 Å². The third kappa shape index (κ3) is 7.86. The van der Waals surface area contributed by atoms with Crippen LogP contribution in [0.1, 0.15) is 18.1 Å². The van der Waals surface area contributed by atoms with E-state index >= 15 is 0 Å². The highest BCUT2D eigenvalue weighted by Gasteiger charge is 2.30. The van der Waals surface area contributed by atoms with Crippen molar-refractivity contribution in [3.63, 3.8) is 0 Å². The Kier molecular flexibility index (Phi) is 10.0. The molecule has 0 aliphatic rings. The number of carbonyl (C=O) groups is 2.